The highest BCUT2D eigenvalue weighted by Gasteiger charge is 2.32. The van der Waals surface area contributed by atoms with E-state index in [4.69, 9.17) is 4.74 Å². The van der Waals surface area contributed by atoms with Gasteiger partial charge in [-0.15, -0.1) is 0 Å². The van der Waals surface area contributed by atoms with E-state index >= 15 is 0 Å². The van der Waals surface area contributed by atoms with E-state index in [1.807, 2.05) is 27.7 Å². The lowest BCUT2D eigenvalue weighted by molar-refractivity contribution is 0.0815. The van der Waals surface area contributed by atoms with Crippen LogP contribution in [0, 0.1) is 5.82 Å². The van der Waals surface area contributed by atoms with Gasteiger partial charge in [0.15, 0.2) is 11.9 Å². The fraction of sp³-hybridized carbons (Fsp3) is 0.526. The highest BCUT2D eigenvalue weighted by atomic mass is 19.1. The zero-order valence-corrected chi connectivity index (χ0v) is 15.5. The van der Waals surface area contributed by atoms with Crippen LogP contribution >= 0.6 is 0 Å². The van der Waals surface area contributed by atoms with Gasteiger partial charge >= 0.3 is 6.09 Å². The molecule has 1 aromatic heterocycles. The van der Waals surface area contributed by atoms with E-state index in [1.54, 1.807) is 6.07 Å². The highest BCUT2D eigenvalue weighted by Crippen LogP contribution is 2.37. The maximum absolute atomic E-state index is 14.2. The summed E-state index contributed by atoms with van der Waals surface area (Å²) in [6.07, 6.45) is 0.870. The molecule has 6 nitrogen and oxygen atoms in total. The molecular weight excluding hydrogens is 337 g/mol. The van der Waals surface area contributed by atoms with Gasteiger partial charge in [0.05, 0.1) is 5.52 Å². The zero-order chi connectivity index (χ0) is 19.1. The molecule has 1 N–H and O–H groups in total. The Morgan fingerprint density at radius 2 is 2.12 bits per heavy atom. The second-order valence-corrected chi connectivity index (χ2v) is 7.69. The van der Waals surface area contributed by atoms with Crippen molar-refractivity contribution in [2.75, 3.05) is 0 Å². The molecule has 1 saturated carbocycles. The average Bonchev–Trinajstić information content (AvgIpc) is 3.35. The molecule has 1 aliphatic carbocycles. The van der Waals surface area contributed by atoms with E-state index in [1.165, 1.54) is 16.7 Å². The first-order valence-electron chi connectivity index (χ1n) is 8.90. The molecule has 1 aromatic carbocycles. The molecule has 1 heterocycles. The van der Waals surface area contributed by atoms with Gasteiger partial charge in [0, 0.05) is 11.6 Å². The van der Waals surface area contributed by atoms with Crippen molar-refractivity contribution >= 4 is 17.0 Å². The summed E-state index contributed by atoms with van der Waals surface area (Å²) in [4.78, 5) is 29.6. The fourth-order valence-electron chi connectivity index (χ4n) is 2.92. The van der Waals surface area contributed by atoms with E-state index < -0.39 is 29.1 Å². The van der Waals surface area contributed by atoms with Gasteiger partial charge in [0.2, 0.25) is 0 Å². The van der Waals surface area contributed by atoms with E-state index in [0.29, 0.717) is 12.2 Å². The number of benzene rings is 1. The van der Waals surface area contributed by atoms with Crippen LogP contribution in [-0.4, -0.2) is 21.2 Å². The van der Waals surface area contributed by atoms with Crippen LogP contribution in [0.1, 0.15) is 64.9 Å². The first-order valence-corrected chi connectivity index (χ1v) is 8.90. The number of aromatic nitrogens is 2. The Kier molecular flexibility index (Phi) is 4.73. The summed E-state index contributed by atoms with van der Waals surface area (Å²) in [5, 5.41) is 2.73. The van der Waals surface area contributed by atoms with Crippen LogP contribution < -0.4 is 10.9 Å². The number of rotatable bonds is 4. The van der Waals surface area contributed by atoms with Crippen molar-refractivity contribution in [1.82, 2.24) is 14.9 Å². The number of halogens is 1. The Morgan fingerprint density at radius 3 is 2.69 bits per heavy atom. The standard InChI is InChI=1S/C19H24FN3O3/c1-5-14(26-18(25)22-19(2,3)4)16-21-13-8-6-7-12(20)15(13)17(24)23(16)11-9-10-11/h6-8,11,14H,5,9-10H2,1-4H3,(H,22,25)/t14-/m0/s1. The van der Waals surface area contributed by atoms with Crippen LogP contribution in [0.4, 0.5) is 9.18 Å². The van der Waals surface area contributed by atoms with E-state index in [-0.39, 0.29) is 16.9 Å². The van der Waals surface area contributed by atoms with Gasteiger partial charge in [-0.1, -0.05) is 13.0 Å². The predicted molar refractivity (Wildman–Crippen MR) is 96.6 cm³/mol. The average molecular weight is 361 g/mol. The summed E-state index contributed by atoms with van der Waals surface area (Å²) in [6.45, 7) is 7.42. The quantitative estimate of drug-likeness (QED) is 0.898. The molecule has 0 bridgehead atoms. The predicted octanol–water partition coefficient (Wildman–Crippen LogP) is 3.85. The number of amides is 1. The molecule has 1 fully saturated rings. The molecule has 0 spiro atoms. The van der Waals surface area contributed by atoms with Gasteiger partial charge in [0.1, 0.15) is 11.2 Å². The van der Waals surface area contributed by atoms with Crippen molar-refractivity contribution in [3.8, 4) is 0 Å². The van der Waals surface area contributed by atoms with E-state index in [2.05, 4.69) is 10.3 Å². The van der Waals surface area contributed by atoms with Crippen molar-refractivity contribution in [2.24, 2.45) is 0 Å². The Morgan fingerprint density at radius 1 is 1.42 bits per heavy atom. The number of nitrogens with zero attached hydrogens (tertiary/aromatic N) is 2. The summed E-state index contributed by atoms with van der Waals surface area (Å²) in [7, 11) is 0. The number of alkyl carbamates (subject to hydrolysis) is 1. The molecule has 7 heteroatoms. The van der Waals surface area contributed by atoms with Gasteiger partial charge in [-0.05, 0) is 52.2 Å². The Balaban J connectivity index is 2.06. The summed E-state index contributed by atoms with van der Waals surface area (Å²) in [5.41, 5.74) is -0.574. The number of fused-ring (bicyclic) bond motifs is 1. The first kappa shape index (κ1) is 18.4. The highest BCUT2D eigenvalue weighted by molar-refractivity contribution is 5.78. The molecule has 2 aromatic rings. The van der Waals surface area contributed by atoms with Gasteiger partial charge in [-0.3, -0.25) is 9.36 Å². The minimum Gasteiger partial charge on any atom is -0.438 e. The summed E-state index contributed by atoms with van der Waals surface area (Å²) < 4.78 is 21.2. The lowest BCUT2D eigenvalue weighted by Crippen LogP contribution is -2.41. The number of ether oxygens (including phenoxy) is 1. The number of nitrogens with one attached hydrogen (secondary N) is 1. The third kappa shape index (κ3) is 3.71. The zero-order valence-electron chi connectivity index (χ0n) is 15.5. The Hall–Kier alpha value is -2.44. The second kappa shape index (κ2) is 6.70. The van der Waals surface area contributed by atoms with Crippen molar-refractivity contribution in [3.05, 3.63) is 40.2 Å². The molecule has 140 valence electrons. The van der Waals surface area contributed by atoms with Gasteiger partial charge in [0.25, 0.3) is 5.56 Å². The molecular formula is C19H24FN3O3. The molecule has 0 saturated heterocycles. The summed E-state index contributed by atoms with van der Waals surface area (Å²) in [5.74, 6) is -0.206. The normalized spacial score (nSPS) is 15.7. The van der Waals surface area contributed by atoms with Crippen LogP contribution in [0.15, 0.2) is 23.0 Å². The van der Waals surface area contributed by atoms with Crippen molar-refractivity contribution in [3.63, 3.8) is 0 Å². The molecule has 1 amide bonds. The summed E-state index contributed by atoms with van der Waals surface area (Å²) >= 11 is 0. The number of hydrogen-bond donors (Lipinski definition) is 1. The van der Waals surface area contributed by atoms with Crippen LogP contribution in [0.5, 0.6) is 0 Å². The van der Waals surface area contributed by atoms with Gasteiger partial charge < -0.3 is 10.1 Å². The van der Waals surface area contributed by atoms with E-state index in [9.17, 15) is 14.0 Å². The minimum absolute atomic E-state index is 0.0164. The SMILES string of the molecule is CC[C@H](OC(=O)NC(C)(C)C)c1nc2cccc(F)c2c(=O)n1C1CC1. The van der Waals surface area contributed by atoms with Crippen molar-refractivity contribution < 1.29 is 13.9 Å². The largest absolute Gasteiger partial charge is 0.438 e. The van der Waals surface area contributed by atoms with Crippen LogP contribution in [0.3, 0.4) is 0 Å². The first-order chi connectivity index (χ1) is 12.2. The minimum atomic E-state index is -0.682. The van der Waals surface area contributed by atoms with Crippen molar-refractivity contribution in [2.45, 2.75) is 64.6 Å². The molecule has 3 rings (SSSR count). The molecule has 1 aliphatic rings. The van der Waals surface area contributed by atoms with E-state index in [0.717, 1.165) is 12.8 Å². The third-order valence-electron chi connectivity index (χ3n) is 4.20. The number of carbonyl (C=O) groups is 1. The molecule has 0 radical (unpaired) electrons. The van der Waals surface area contributed by atoms with Gasteiger partial charge in [-0.25, -0.2) is 14.2 Å². The maximum Gasteiger partial charge on any atom is 0.408 e. The Bertz CT molecular complexity index is 897. The fourth-order valence-corrected chi connectivity index (χ4v) is 2.92. The third-order valence-corrected chi connectivity index (χ3v) is 4.20. The van der Waals surface area contributed by atoms with Crippen LogP contribution in [0.2, 0.25) is 0 Å². The lowest BCUT2D eigenvalue weighted by Gasteiger charge is -2.24. The Labute approximate surface area is 151 Å². The smallest absolute Gasteiger partial charge is 0.408 e. The van der Waals surface area contributed by atoms with Crippen LogP contribution in [0.25, 0.3) is 10.9 Å². The molecule has 0 unspecified atom stereocenters. The number of hydrogen-bond acceptors (Lipinski definition) is 4. The van der Waals surface area contributed by atoms with Crippen molar-refractivity contribution in [1.29, 1.82) is 0 Å². The second-order valence-electron chi connectivity index (χ2n) is 7.69. The molecule has 0 aliphatic heterocycles. The topological polar surface area (TPSA) is 73.2 Å². The monoisotopic (exact) mass is 361 g/mol. The van der Waals surface area contributed by atoms with Crippen LogP contribution in [-0.2, 0) is 4.74 Å². The molecule has 1 atom stereocenters. The molecule has 26 heavy (non-hydrogen) atoms. The maximum atomic E-state index is 14.2. The van der Waals surface area contributed by atoms with Gasteiger partial charge in [-0.2, -0.15) is 0 Å². The summed E-state index contributed by atoms with van der Waals surface area (Å²) in [6, 6.07) is 4.36. The lowest BCUT2D eigenvalue weighted by atomic mass is 10.1. The number of carbonyl (C=O) groups excluding carboxylic acids is 1.